The molecule has 1 atom stereocenters. The van der Waals surface area contributed by atoms with Crippen LogP contribution in [-0.4, -0.2) is 52.3 Å². The molecule has 170 valence electrons. The standard InChI is InChI=1S/C23H26N2O6S/c1-28-17-8-10-20(30-3)22(15-17)32(26,27)25-13-12-24-11-5-6-18(24)23(25)16-7-9-19(29-2)21(14-16)31-4/h5-11,14-15,23H,12-13H2,1-4H3/t23-/m1/s1. The zero-order valence-electron chi connectivity index (χ0n) is 18.4. The van der Waals surface area contributed by atoms with Crippen molar-refractivity contribution in [3.63, 3.8) is 0 Å². The number of methoxy groups -OCH3 is 4. The van der Waals surface area contributed by atoms with Crippen LogP contribution in [0.25, 0.3) is 0 Å². The highest BCUT2D eigenvalue weighted by Gasteiger charge is 2.39. The second-order valence-corrected chi connectivity index (χ2v) is 9.13. The molecule has 1 aromatic heterocycles. The SMILES string of the molecule is COc1ccc(OC)c(S(=O)(=O)N2CCn3cccc3[C@H]2c2ccc(OC)c(OC)c2)c1. The van der Waals surface area contributed by atoms with Crippen LogP contribution >= 0.6 is 0 Å². The Morgan fingerprint density at radius 2 is 1.53 bits per heavy atom. The average molecular weight is 459 g/mol. The molecule has 0 saturated carbocycles. The fourth-order valence-corrected chi connectivity index (χ4v) is 5.85. The molecule has 0 spiro atoms. The summed E-state index contributed by atoms with van der Waals surface area (Å²) in [7, 11) is 2.12. The molecule has 0 amide bonds. The number of fused-ring (bicyclic) bond motifs is 1. The van der Waals surface area contributed by atoms with Gasteiger partial charge >= 0.3 is 0 Å². The largest absolute Gasteiger partial charge is 0.497 e. The number of nitrogens with zero attached hydrogens (tertiary/aromatic N) is 2. The molecule has 9 heteroatoms. The van der Waals surface area contributed by atoms with Crippen LogP contribution in [0.1, 0.15) is 17.3 Å². The average Bonchev–Trinajstić information content (AvgIpc) is 3.31. The Hall–Kier alpha value is -3.17. The second kappa shape index (κ2) is 8.76. The molecule has 4 rings (SSSR count). The van der Waals surface area contributed by atoms with E-state index < -0.39 is 16.1 Å². The summed E-state index contributed by atoms with van der Waals surface area (Å²) in [6.45, 7) is 0.834. The Labute approximate surface area is 187 Å². The summed E-state index contributed by atoms with van der Waals surface area (Å²) in [5, 5.41) is 0. The van der Waals surface area contributed by atoms with E-state index in [-0.39, 0.29) is 10.6 Å². The fourth-order valence-electron chi connectivity index (χ4n) is 4.09. The van der Waals surface area contributed by atoms with Gasteiger partial charge in [0, 0.05) is 31.0 Å². The van der Waals surface area contributed by atoms with Crippen LogP contribution < -0.4 is 18.9 Å². The smallest absolute Gasteiger partial charge is 0.247 e. The number of ether oxygens (including phenoxy) is 4. The van der Waals surface area contributed by atoms with E-state index in [2.05, 4.69) is 4.57 Å². The van der Waals surface area contributed by atoms with Gasteiger partial charge in [0.05, 0.1) is 34.5 Å². The van der Waals surface area contributed by atoms with Crippen molar-refractivity contribution in [2.24, 2.45) is 0 Å². The molecule has 0 fully saturated rings. The third-order valence-corrected chi connectivity index (χ3v) is 7.56. The van der Waals surface area contributed by atoms with Gasteiger partial charge in [-0.2, -0.15) is 4.31 Å². The van der Waals surface area contributed by atoms with Gasteiger partial charge in [-0.15, -0.1) is 0 Å². The Balaban J connectivity index is 1.88. The van der Waals surface area contributed by atoms with Gasteiger partial charge in [0.1, 0.15) is 16.4 Å². The number of hydrogen-bond acceptors (Lipinski definition) is 6. The first-order chi connectivity index (χ1) is 15.4. The summed E-state index contributed by atoms with van der Waals surface area (Å²) in [6.07, 6.45) is 1.96. The number of aromatic nitrogens is 1. The maximum Gasteiger partial charge on any atom is 0.247 e. The monoisotopic (exact) mass is 458 g/mol. The summed E-state index contributed by atoms with van der Waals surface area (Å²) >= 11 is 0. The minimum atomic E-state index is -3.95. The van der Waals surface area contributed by atoms with E-state index in [0.29, 0.717) is 30.3 Å². The molecule has 0 bridgehead atoms. The first-order valence-electron chi connectivity index (χ1n) is 10.1. The van der Waals surface area contributed by atoms with Gasteiger partial charge in [-0.25, -0.2) is 8.42 Å². The number of benzene rings is 2. The molecular formula is C23H26N2O6S. The predicted molar refractivity (Wildman–Crippen MR) is 119 cm³/mol. The zero-order chi connectivity index (χ0) is 22.9. The summed E-state index contributed by atoms with van der Waals surface area (Å²) in [6, 6.07) is 13.5. The van der Waals surface area contributed by atoms with Crippen molar-refractivity contribution in [3.05, 3.63) is 66.0 Å². The lowest BCUT2D eigenvalue weighted by atomic mass is 10.0. The van der Waals surface area contributed by atoms with Gasteiger partial charge in [-0.1, -0.05) is 6.07 Å². The van der Waals surface area contributed by atoms with Gasteiger partial charge in [0.25, 0.3) is 0 Å². The number of rotatable bonds is 7. The lowest BCUT2D eigenvalue weighted by Crippen LogP contribution is -2.42. The van der Waals surface area contributed by atoms with Crippen molar-refractivity contribution in [1.82, 2.24) is 8.87 Å². The van der Waals surface area contributed by atoms with Crippen LogP contribution in [0.5, 0.6) is 23.0 Å². The summed E-state index contributed by atoms with van der Waals surface area (Å²) < 4.78 is 53.0. The Morgan fingerprint density at radius 1 is 0.812 bits per heavy atom. The summed E-state index contributed by atoms with van der Waals surface area (Å²) in [5.41, 5.74) is 1.64. The molecule has 2 heterocycles. The van der Waals surface area contributed by atoms with Crippen LogP contribution in [0.15, 0.2) is 59.6 Å². The zero-order valence-corrected chi connectivity index (χ0v) is 19.3. The minimum absolute atomic E-state index is 0.0600. The third kappa shape index (κ3) is 3.67. The predicted octanol–water partition coefficient (Wildman–Crippen LogP) is 3.32. The number of sulfonamides is 1. The maximum absolute atomic E-state index is 14.0. The molecule has 1 aliphatic rings. The molecular weight excluding hydrogens is 432 g/mol. The highest BCUT2D eigenvalue weighted by Crippen LogP contribution is 2.41. The van der Waals surface area contributed by atoms with Gasteiger partial charge < -0.3 is 23.5 Å². The lowest BCUT2D eigenvalue weighted by Gasteiger charge is -2.36. The second-order valence-electron chi connectivity index (χ2n) is 7.28. The van der Waals surface area contributed by atoms with Crippen LogP contribution in [0, 0.1) is 0 Å². The molecule has 3 aromatic rings. The molecule has 0 radical (unpaired) electrons. The van der Waals surface area contributed by atoms with E-state index in [1.165, 1.54) is 24.6 Å². The summed E-state index contributed by atoms with van der Waals surface area (Å²) in [5.74, 6) is 1.81. The lowest BCUT2D eigenvalue weighted by molar-refractivity contribution is 0.294. The van der Waals surface area contributed by atoms with E-state index in [0.717, 1.165) is 11.3 Å². The van der Waals surface area contributed by atoms with Crippen molar-refractivity contribution in [2.45, 2.75) is 17.5 Å². The maximum atomic E-state index is 14.0. The highest BCUT2D eigenvalue weighted by molar-refractivity contribution is 7.89. The molecule has 0 N–H and O–H groups in total. The molecule has 8 nitrogen and oxygen atoms in total. The Bertz CT molecular complexity index is 1220. The van der Waals surface area contributed by atoms with E-state index in [1.807, 2.05) is 30.5 Å². The van der Waals surface area contributed by atoms with Crippen molar-refractivity contribution in [1.29, 1.82) is 0 Å². The van der Waals surface area contributed by atoms with Crippen molar-refractivity contribution < 1.29 is 27.4 Å². The van der Waals surface area contributed by atoms with E-state index in [9.17, 15) is 8.42 Å². The van der Waals surface area contributed by atoms with Gasteiger partial charge in [-0.05, 0) is 42.0 Å². The van der Waals surface area contributed by atoms with Crippen LogP contribution in [0.4, 0.5) is 0 Å². The van der Waals surface area contributed by atoms with Crippen molar-refractivity contribution in [3.8, 4) is 23.0 Å². The minimum Gasteiger partial charge on any atom is -0.497 e. The van der Waals surface area contributed by atoms with Crippen molar-refractivity contribution >= 4 is 10.0 Å². The number of hydrogen-bond donors (Lipinski definition) is 0. The molecule has 0 unspecified atom stereocenters. The first-order valence-corrected chi connectivity index (χ1v) is 11.5. The van der Waals surface area contributed by atoms with Crippen LogP contribution in [-0.2, 0) is 16.6 Å². The Morgan fingerprint density at radius 3 is 2.22 bits per heavy atom. The quantitative estimate of drug-likeness (QED) is 0.541. The van der Waals surface area contributed by atoms with Crippen LogP contribution in [0.2, 0.25) is 0 Å². The normalized spacial score (nSPS) is 16.3. The van der Waals surface area contributed by atoms with Gasteiger partial charge in [0.2, 0.25) is 10.0 Å². The van der Waals surface area contributed by atoms with Gasteiger partial charge in [-0.3, -0.25) is 0 Å². The van der Waals surface area contributed by atoms with Gasteiger partial charge in [0.15, 0.2) is 11.5 Å². The molecule has 0 aliphatic carbocycles. The summed E-state index contributed by atoms with van der Waals surface area (Å²) in [4.78, 5) is 0.0600. The molecule has 1 aliphatic heterocycles. The van der Waals surface area contributed by atoms with E-state index in [4.69, 9.17) is 18.9 Å². The third-order valence-electron chi connectivity index (χ3n) is 5.67. The Kier molecular flexibility index (Phi) is 6.03. The van der Waals surface area contributed by atoms with Crippen LogP contribution in [0.3, 0.4) is 0 Å². The van der Waals surface area contributed by atoms with E-state index >= 15 is 0 Å². The molecule has 0 saturated heterocycles. The fraction of sp³-hybridized carbons (Fsp3) is 0.304. The molecule has 2 aromatic carbocycles. The van der Waals surface area contributed by atoms with Crippen molar-refractivity contribution in [2.75, 3.05) is 35.0 Å². The van der Waals surface area contributed by atoms with E-state index in [1.54, 1.807) is 32.4 Å². The highest BCUT2D eigenvalue weighted by atomic mass is 32.2. The molecule has 32 heavy (non-hydrogen) atoms. The first kappa shape index (κ1) is 22.0. The topological polar surface area (TPSA) is 79.2 Å².